The molecule has 1 aromatic rings. The van der Waals surface area contributed by atoms with Crippen LogP contribution in [0, 0.1) is 6.92 Å². The predicted molar refractivity (Wildman–Crippen MR) is 48.5 cm³/mol. The molecule has 0 amide bonds. The monoisotopic (exact) mass is 220 g/mol. The molecule has 1 aromatic heterocycles. The van der Waals surface area contributed by atoms with Crippen molar-refractivity contribution in [3.05, 3.63) is 23.0 Å². The summed E-state index contributed by atoms with van der Waals surface area (Å²) >= 11 is 5.20. The predicted octanol–water partition coefficient (Wildman–Crippen LogP) is 2.29. The van der Waals surface area contributed by atoms with Gasteiger partial charge in [-0.15, -0.1) is 0 Å². The number of carbonyl (C=O) groups is 1. The SMILES string of the molecule is Cc1cnc(C(F)F)c(N)c1C(=O)Cl. The summed E-state index contributed by atoms with van der Waals surface area (Å²) in [5.74, 6) is 0. The molecule has 3 nitrogen and oxygen atoms in total. The average molecular weight is 221 g/mol. The first-order chi connectivity index (χ1) is 6.45. The molecule has 0 spiro atoms. The first-order valence-corrected chi connectivity index (χ1v) is 4.06. The van der Waals surface area contributed by atoms with Crippen LogP contribution in [0.4, 0.5) is 14.5 Å². The zero-order valence-electron chi connectivity index (χ0n) is 7.22. The number of alkyl halides is 2. The van der Waals surface area contributed by atoms with E-state index in [4.69, 9.17) is 17.3 Å². The molecule has 6 heteroatoms. The van der Waals surface area contributed by atoms with Crippen LogP contribution in [0.5, 0.6) is 0 Å². The lowest BCUT2D eigenvalue weighted by Crippen LogP contribution is -2.07. The summed E-state index contributed by atoms with van der Waals surface area (Å²) in [7, 11) is 0. The second kappa shape index (κ2) is 3.88. The second-order valence-electron chi connectivity index (χ2n) is 2.69. The summed E-state index contributed by atoms with van der Waals surface area (Å²) in [4.78, 5) is 14.3. The summed E-state index contributed by atoms with van der Waals surface area (Å²) < 4.78 is 24.6. The van der Waals surface area contributed by atoms with Crippen molar-refractivity contribution in [2.75, 3.05) is 5.73 Å². The van der Waals surface area contributed by atoms with Crippen molar-refractivity contribution in [3.63, 3.8) is 0 Å². The Morgan fingerprint density at radius 1 is 1.64 bits per heavy atom. The summed E-state index contributed by atoms with van der Waals surface area (Å²) in [5.41, 5.74) is 4.66. The largest absolute Gasteiger partial charge is 0.396 e. The lowest BCUT2D eigenvalue weighted by atomic mass is 10.1. The molecule has 0 aromatic carbocycles. The zero-order chi connectivity index (χ0) is 10.9. The number of aromatic nitrogens is 1. The molecule has 0 radical (unpaired) electrons. The second-order valence-corrected chi connectivity index (χ2v) is 3.03. The first-order valence-electron chi connectivity index (χ1n) is 3.68. The Balaban J connectivity index is 3.41. The van der Waals surface area contributed by atoms with E-state index in [1.807, 2.05) is 0 Å². The number of nitrogen functional groups attached to an aromatic ring is 1. The molecule has 0 atom stereocenters. The summed E-state index contributed by atoms with van der Waals surface area (Å²) in [5, 5.41) is -0.857. The smallest absolute Gasteiger partial charge is 0.282 e. The molecule has 1 rings (SSSR count). The molecule has 0 aliphatic rings. The molecule has 0 bridgehead atoms. The van der Waals surface area contributed by atoms with Gasteiger partial charge in [-0.25, -0.2) is 8.78 Å². The van der Waals surface area contributed by atoms with E-state index in [9.17, 15) is 13.6 Å². The molecule has 2 N–H and O–H groups in total. The van der Waals surface area contributed by atoms with Crippen molar-refractivity contribution >= 4 is 22.5 Å². The fraction of sp³-hybridized carbons (Fsp3) is 0.250. The van der Waals surface area contributed by atoms with E-state index in [-0.39, 0.29) is 11.3 Å². The van der Waals surface area contributed by atoms with Gasteiger partial charge in [0.1, 0.15) is 5.69 Å². The summed E-state index contributed by atoms with van der Waals surface area (Å²) in [6, 6.07) is 0. The normalized spacial score (nSPS) is 10.6. The van der Waals surface area contributed by atoms with Gasteiger partial charge in [0.2, 0.25) is 0 Å². The van der Waals surface area contributed by atoms with Crippen LogP contribution in [0.25, 0.3) is 0 Å². The van der Waals surface area contributed by atoms with Crippen molar-refractivity contribution < 1.29 is 13.6 Å². The Kier molecular flexibility index (Phi) is 3.00. The van der Waals surface area contributed by atoms with E-state index in [0.717, 1.165) is 6.20 Å². The average Bonchev–Trinajstić information content (AvgIpc) is 2.02. The van der Waals surface area contributed by atoms with E-state index in [1.54, 1.807) is 0 Å². The van der Waals surface area contributed by atoms with Gasteiger partial charge >= 0.3 is 0 Å². The number of nitrogens with zero attached hydrogens (tertiary/aromatic N) is 1. The number of hydrogen-bond acceptors (Lipinski definition) is 3. The molecule has 76 valence electrons. The Bertz CT molecular complexity index is 382. The molecule has 0 aliphatic heterocycles. The van der Waals surface area contributed by atoms with Crippen molar-refractivity contribution in [3.8, 4) is 0 Å². The Hall–Kier alpha value is -1.23. The van der Waals surface area contributed by atoms with Crippen molar-refractivity contribution in [2.24, 2.45) is 0 Å². The van der Waals surface area contributed by atoms with Crippen molar-refractivity contribution in [1.82, 2.24) is 4.98 Å². The van der Waals surface area contributed by atoms with Crippen LogP contribution in [0.2, 0.25) is 0 Å². The minimum Gasteiger partial charge on any atom is -0.396 e. The number of rotatable bonds is 2. The van der Waals surface area contributed by atoms with Crippen LogP contribution in [0.15, 0.2) is 6.20 Å². The summed E-state index contributed by atoms with van der Waals surface area (Å²) in [6.07, 6.45) is -1.67. The van der Waals surface area contributed by atoms with Gasteiger partial charge in [0.25, 0.3) is 11.7 Å². The molecular formula is C8H7ClF2N2O. The van der Waals surface area contributed by atoms with Gasteiger partial charge in [-0.2, -0.15) is 0 Å². The Morgan fingerprint density at radius 2 is 2.21 bits per heavy atom. The van der Waals surface area contributed by atoms with Gasteiger partial charge in [-0.05, 0) is 24.1 Å². The number of nitrogens with two attached hydrogens (primary N) is 1. The summed E-state index contributed by atoms with van der Waals surface area (Å²) in [6.45, 7) is 1.52. The third-order valence-electron chi connectivity index (χ3n) is 1.74. The van der Waals surface area contributed by atoms with Gasteiger partial charge in [-0.3, -0.25) is 9.78 Å². The highest BCUT2D eigenvalue weighted by Gasteiger charge is 2.20. The molecule has 14 heavy (non-hydrogen) atoms. The van der Waals surface area contributed by atoms with E-state index in [0.29, 0.717) is 5.56 Å². The Labute approximate surface area is 83.9 Å². The molecule has 1 heterocycles. The van der Waals surface area contributed by atoms with Crippen LogP contribution >= 0.6 is 11.6 Å². The van der Waals surface area contributed by atoms with Gasteiger partial charge in [0, 0.05) is 6.20 Å². The maximum atomic E-state index is 12.3. The minimum absolute atomic E-state index is 0.100. The lowest BCUT2D eigenvalue weighted by molar-refractivity contribution is 0.108. The fourth-order valence-electron chi connectivity index (χ4n) is 1.08. The molecular weight excluding hydrogens is 214 g/mol. The number of carbonyl (C=O) groups excluding carboxylic acids is 1. The highest BCUT2D eigenvalue weighted by Crippen LogP contribution is 2.28. The number of pyridine rings is 1. The minimum atomic E-state index is -2.81. The van der Waals surface area contributed by atoms with Crippen LogP contribution in [0.3, 0.4) is 0 Å². The van der Waals surface area contributed by atoms with Gasteiger partial charge in [0.05, 0.1) is 11.3 Å². The van der Waals surface area contributed by atoms with E-state index >= 15 is 0 Å². The topological polar surface area (TPSA) is 56.0 Å². The lowest BCUT2D eigenvalue weighted by Gasteiger charge is -2.08. The molecule has 0 unspecified atom stereocenters. The van der Waals surface area contributed by atoms with E-state index in [2.05, 4.69) is 4.98 Å². The third kappa shape index (κ3) is 1.82. The maximum Gasteiger partial charge on any atom is 0.282 e. The number of hydrogen-bond donors (Lipinski definition) is 1. The van der Waals surface area contributed by atoms with Crippen molar-refractivity contribution in [1.29, 1.82) is 0 Å². The number of anilines is 1. The fourth-order valence-corrected chi connectivity index (χ4v) is 1.33. The van der Waals surface area contributed by atoms with E-state index in [1.165, 1.54) is 6.92 Å². The van der Waals surface area contributed by atoms with Crippen molar-refractivity contribution in [2.45, 2.75) is 13.3 Å². The molecule has 0 saturated heterocycles. The van der Waals surface area contributed by atoms with E-state index < -0.39 is 17.4 Å². The molecule has 0 aliphatic carbocycles. The zero-order valence-corrected chi connectivity index (χ0v) is 7.98. The standard InChI is InChI=1S/C8H7ClF2N2O/c1-3-2-13-6(8(10)11)5(12)4(3)7(9)14/h2,8H,12H2,1H3. The number of halogens is 3. The van der Waals surface area contributed by atoms with Crippen LogP contribution in [0.1, 0.15) is 28.0 Å². The highest BCUT2D eigenvalue weighted by atomic mass is 35.5. The first kappa shape index (κ1) is 10.8. The van der Waals surface area contributed by atoms with Gasteiger partial charge in [-0.1, -0.05) is 0 Å². The highest BCUT2D eigenvalue weighted by molar-refractivity contribution is 6.68. The van der Waals surface area contributed by atoms with Gasteiger partial charge in [0.15, 0.2) is 0 Å². The van der Waals surface area contributed by atoms with Gasteiger partial charge < -0.3 is 5.73 Å². The van der Waals surface area contributed by atoms with Crippen LogP contribution < -0.4 is 5.73 Å². The van der Waals surface area contributed by atoms with Crippen LogP contribution in [-0.2, 0) is 0 Å². The van der Waals surface area contributed by atoms with Crippen LogP contribution in [-0.4, -0.2) is 10.2 Å². The third-order valence-corrected chi connectivity index (χ3v) is 1.93. The quantitative estimate of drug-likeness (QED) is 0.778. The maximum absolute atomic E-state index is 12.3. The molecule has 0 saturated carbocycles. The Morgan fingerprint density at radius 3 is 2.64 bits per heavy atom. The number of aryl methyl sites for hydroxylation is 1. The molecule has 0 fully saturated rings.